The lowest BCUT2D eigenvalue weighted by Gasteiger charge is -2.03. The summed E-state index contributed by atoms with van der Waals surface area (Å²) >= 11 is 0.629. The van der Waals surface area contributed by atoms with E-state index in [1.54, 1.807) is 0 Å². The van der Waals surface area contributed by atoms with Crippen molar-refractivity contribution < 1.29 is 28.0 Å². The number of carbonyl (C=O) groups excluding carboxylic acids is 1. The second-order valence-electron chi connectivity index (χ2n) is 3.71. The minimum Gasteiger partial charge on any atom is -0.465 e. The van der Waals surface area contributed by atoms with Gasteiger partial charge >= 0.3 is 11.7 Å². The number of ether oxygens (including phenoxy) is 2. The predicted octanol–water partition coefficient (Wildman–Crippen LogP) is 3.51. The van der Waals surface area contributed by atoms with Crippen LogP contribution in [0.15, 0.2) is 24.3 Å². The molecule has 0 N–H and O–H groups in total. The summed E-state index contributed by atoms with van der Waals surface area (Å²) in [6.45, 7) is 0. The molecule has 0 amide bonds. The Kier molecular flexibility index (Phi) is 4.13. The number of nitro groups is 1. The van der Waals surface area contributed by atoms with Crippen LogP contribution in [0.4, 0.5) is 14.5 Å². The number of hydrogen-bond acceptors (Lipinski definition) is 6. The lowest BCUT2D eigenvalue weighted by atomic mass is 10.3. The summed E-state index contributed by atoms with van der Waals surface area (Å²) in [6, 6.07) is 3.48. The van der Waals surface area contributed by atoms with Crippen molar-refractivity contribution in [2.45, 2.75) is 0 Å². The van der Waals surface area contributed by atoms with Crippen LogP contribution in [0.3, 0.4) is 0 Å². The largest absolute Gasteiger partial charge is 0.465 e. The first-order chi connectivity index (χ1) is 9.92. The summed E-state index contributed by atoms with van der Waals surface area (Å²) in [6.07, 6.45) is 0. The number of thiophene rings is 1. The molecule has 1 heterocycles. The van der Waals surface area contributed by atoms with E-state index in [1.165, 1.54) is 0 Å². The van der Waals surface area contributed by atoms with Gasteiger partial charge in [0.05, 0.1) is 12.0 Å². The fraction of sp³-hybridized carbons (Fsp3) is 0.0833. The Morgan fingerprint density at radius 2 is 2.05 bits per heavy atom. The van der Waals surface area contributed by atoms with Gasteiger partial charge in [-0.1, -0.05) is 11.3 Å². The second kappa shape index (κ2) is 5.83. The quantitative estimate of drug-likeness (QED) is 0.490. The van der Waals surface area contributed by atoms with Crippen molar-refractivity contribution >= 4 is 23.0 Å². The van der Waals surface area contributed by atoms with Gasteiger partial charge in [0.1, 0.15) is 10.7 Å². The number of nitrogens with zero attached hydrogens (tertiary/aromatic N) is 1. The zero-order valence-corrected chi connectivity index (χ0v) is 11.3. The Morgan fingerprint density at radius 3 is 2.62 bits per heavy atom. The van der Waals surface area contributed by atoms with E-state index < -0.39 is 34.0 Å². The molecule has 0 aliphatic rings. The molecule has 0 saturated heterocycles. The molecule has 0 spiro atoms. The smallest absolute Gasteiger partial charge is 0.348 e. The molecule has 6 nitrogen and oxygen atoms in total. The minimum atomic E-state index is -1.02. The summed E-state index contributed by atoms with van der Waals surface area (Å²) in [4.78, 5) is 21.4. The molecule has 1 aromatic carbocycles. The first kappa shape index (κ1) is 14.9. The number of halogens is 2. The number of rotatable bonds is 4. The Balaban J connectivity index is 2.40. The van der Waals surface area contributed by atoms with Crippen molar-refractivity contribution in [3.05, 3.63) is 50.9 Å². The molecule has 0 unspecified atom stereocenters. The molecule has 110 valence electrons. The first-order valence-corrected chi connectivity index (χ1v) is 6.23. The molecule has 0 bridgehead atoms. The molecule has 0 aliphatic carbocycles. The maximum Gasteiger partial charge on any atom is 0.348 e. The lowest BCUT2D eigenvalue weighted by Crippen LogP contribution is -1.97. The van der Waals surface area contributed by atoms with Crippen molar-refractivity contribution in [3.8, 4) is 10.8 Å². The molecule has 1 aromatic heterocycles. The van der Waals surface area contributed by atoms with E-state index in [4.69, 9.17) is 4.74 Å². The monoisotopic (exact) mass is 315 g/mol. The van der Waals surface area contributed by atoms with Crippen LogP contribution >= 0.6 is 11.3 Å². The molecule has 9 heteroatoms. The third-order valence-electron chi connectivity index (χ3n) is 2.36. The van der Waals surface area contributed by atoms with Crippen LogP contribution in [0.2, 0.25) is 0 Å². The number of methoxy groups -OCH3 is 1. The molecular formula is C12H7F2NO5S. The van der Waals surface area contributed by atoms with E-state index in [1.807, 2.05) is 0 Å². The summed E-state index contributed by atoms with van der Waals surface area (Å²) < 4.78 is 35.8. The van der Waals surface area contributed by atoms with Crippen LogP contribution in [-0.4, -0.2) is 18.0 Å². The maximum absolute atomic E-state index is 13.5. The van der Waals surface area contributed by atoms with Crippen LogP contribution < -0.4 is 4.74 Å². The van der Waals surface area contributed by atoms with E-state index in [0.29, 0.717) is 17.4 Å². The molecule has 21 heavy (non-hydrogen) atoms. The third kappa shape index (κ3) is 3.14. The molecule has 0 aliphatic heterocycles. The number of hydrogen-bond donors (Lipinski definition) is 0. The number of carbonyl (C=O) groups is 1. The van der Waals surface area contributed by atoms with Gasteiger partial charge in [0, 0.05) is 12.1 Å². The highest BCUT2D eigenvalue weighted by atomic mass is 32.1. The Labute approximate surface area is 120 Å². The zero-order valence-electron chi connectivity index (χ0n) is 10.5. The van der Waals surface area contributed by atoms with Gasteiger partial charge in [-0.25, -0.2) is 13.6 Å². The van der Waals surface area contributed by atoms with E-state index in [0.717, 1.165) is 25.3 Å². The third-order valence-corrected chi connectivity index (χ3v) is 3.34. The van der Waals surface area contributed by atoms with Crippen LogP contribution in [-0.2, 0) is 4.74 Å². The molecule has 0 saturated carbocycles. The Bertz CT molecular complexity index is 716. The molecule has 2 rings (SSSR count). The second-order valence-corrected chi connectivity index (χ2v) is 4.72. The molecule has 2 aromatic rings. The van der Waals surface area contributed by atoms with E-state index in [9.17, 15) is 23.7 Å². The average Bonchev–Trinajstić information content (AvgIpc) is 2.85. The summed E-state index contributed by atoms with van der Waals surface area (Å²) in [5, 5.41) is 10.6. The fourth-order valence-electron chi connectivity index (χ4n) is 1.42. The van der Waals surface area contributed by atoms with Crippen molar-refractivity contribution in [2.24, 2.45) is 0 Å². The molecule has 0 atom stereocenters. The summed E-state index contributed by atoms with van der Waals surface area (Å²) in [7, 11) is 1.12. The lowest BCUT2D eigenvalue weighted by molar-refractivity contribution is -0.385. The van der Waals surface area contributed by atoms with Crippen LogP contribution in [0.25, 0.3) is 0 Å². The normalized spacial score (nSPS) is 10.2. The Morgan fingerprint density at radius 1 is 1.33 bits per heavy atom. The number of benzene rings is 1. The molecular weight excluding hydrogens is 308 g/mol. The van der Waals surface area contributed by atoms with Crippen molar-refractivity contribution in [1.82, 2.24) is 0 Å². The maximum atomic E-state index is 13.5. The van der Waals surface area contributed by atoms with Gasteiger partial charge in [-0.05, 0) is 12.1 Å². The Hall–Kier alpha value is -2.55. The van der Waals surface area contributed by atoms with E-state index in [-0.39, 0.29) is 9.94 Å². The zero-order chi connectivity index (χ0) is 15.6. The predicted molar refractivity (Wildman–Crippen MR) is 68.7 cm³/mol. The fourth-order valence-corrected chi connectivity index (χ4v) is 2.33. The van der Waals surface area contributed by atoms with Gasteiger partial charge in [0.25, 0.3) is 5.06 Å². The van der Waals surface area contributed by atoms with Crippen molar-refractivity contribution in [3.63, 3.8) is 0 Å². The topological polar surface area (TPSA) is 78.7 Å². The van der Waals surface area contributed by atoms with E-state index >= 15 is 0 Å². The summed E-state index contributed by atoms with van der Waals surface area (Å²) in [5.41, 5.74) is -0.510. The van der Waals surface area contributed by atoms with Crippen LogP contribution in [0, 0.1) is 21.7 Å². The molecule has 0 radical (unpaired) electrons. The van der Waals surface area contributed by atoms with Gasteiger partial charge in [0.15, 0.2) is 11.6 Å². The minimum absolute atomic E-state index is 0.0679. The van der Waals surface area contributed by atoms with Crippen LogP contribution in [0.5, 0.6) is 10.8 Å². The van der Waals surface area contributed by atoms with Gasteiger partial charge in [-0.15, -0.1) is 0 Å². The van der Waals surface area contributed by atoms with E-state index in [2.05, 4.69) is 4.74 Å². The standard InChI is InChI=1S/C12H7F2NO5S/c1-19-11(16)10-5-8(15(17)18)12(21-10)20-9-3-2-6(13)4-7(9)14/h2-5H,1H3. The van der Waals surface area contributed by atoms with Gasteiger partial charge in [-0.3, -0.25) is 10.1 Å². The van der Waals surface area contributed by atoms with Crippen molar-refractivity contribution in [1.29, 1.82) is 0 Å². The highest BCUT2D eigenvalue weighted by Gasteiger charge is 2.25. The van der Waals surface area contributed by atoms with Gasteiger partial charge in [0.2, 0.25) is 0 Å². The number of esters is 1. The summed E-state index contributed by atoms with van der Waals surface area (Å²) in [5.74, 6) is -3.00. The van der Waals surface area contributed by atoms with Gasteiger partial charge in [-0.2, -0.15) is 0 Å². The molecule has 0 fully saturated rings. The average molecular weight is 315 g/mol. The first-order valence-electron chi connectivity index (χ1n) is 5.42. The SMILES string of the molecule is COC(=O)c1cc([N+](=O)[O-])c(Oc2ccc(F)cc2F)s1. The van der Waals surface area contributed by atoms with Gasteiger partial charge < -0.3 is 9.47 Å². The van der Waals surface area contributed by atoms with Crippen molar-refractivity contribution in [2.75, 3.05) is 7.11 Å². The van der Waals surface area contributed by atoms with Crippen LogP contribution in [0.1, 0.15) is 9.67 Å². The highest BCUT2D eigenvalue weighted by Crippen LogP contribution is 2.40. The highest BCUT2D eigenvalue weighted by molar-refractivity contribution is 7.16.